The molecule has 4 aromatic rings. The lowest BCUT2D eigenvalue weighted by Crippen LogP contribution is -2.48. The number of aromatic nitrogens is 1. The SMILES string of the molecule is Cc1ccc(-c2cc(C(=O)N3CCN(c4ccc(C(F)(F)F)cc4)CC3)c3ccccc3n2)cc1. The maximum atomic E-state index is 13.6. The number of carbonyl (C=O) groups excluding carboxylic acids is 1. The molecule has 1 saturated heterocycles. The average Bonchev–Trinajstić information content (AvgIpc) is 2.88. The summed E-state index contributed by atoms with van der Waals surface area (Å²) in [7, 11) is 0. The molecule has 7 heteroatoms. The molecule has 0 spiro atoms. The van der Waals surface area contributed by atoms with Gasteiger partial charge in [0.15, 0.2) is 0 Å². The number of aryl methyl sites for hydroxylation is 1. The molecule has 1 aliphatic heterocycles. The Morgan fingerprint density at radius 2 is 1.51 bits per heavy atom. The Kier molecular flexibility index (Phi) is 5.93. The van der Waals surface area contributed by atoms with Gasteiger partial charge < -0.3 is 9.80 Å². The van der Waals surface area contributed by atoms with Crippen LogP contribution in [0.4, 0.5) is 18.9 Å². The number of alkyl halides is 3. The summed E-state index contributed by atoms with van der Waals surface area (Å²) >= 11 is 0. The van der Waals surface area contributed by atoms with Crippen LogP contribution in [0.15, 0.2) is 78.9 Å². The first-order chi connectivity index (χ1) is 16.8. The largest absolute Gasteiger partial charge is 0.416 e. The number of benzene rings is 3. The molecule has 0 unspecified atom stereocenters. The first kappa shape index (κ1) is 22.9. The number of hydrogen-bond acceptors (Lipinski definition) is 3. The Balaban J connectivity index is 1.37. The highest BCUT2D eigenvalue weighted by molar-refractivity contribution is 6.07. The van der Waals surface area contributed by atoms with E-state index in [1.54, 1.807) is 4.90 Å². The third kappa shape index (κ3) is 4.71. The number of halogens is 3. The van der Waals surface area contributed by atoms with Crippen molar-refractivity contribution in [3.63, 3.8) is 0 Å². The Morgan fingerprint density at radius 1 is 0.857 bits per heavy atom. The molecule has 35 heavy (non-hydrogen) atoms. The molecule has 1 aliphatic rings. The summed E-state index contributed by atoms with van der Waals surface area (Å²) in [5.41, 5.74) is 4.27. The molecular formula is C28H24F3N3O. The highest BCUT2D eigenvalue weighted by Gasteiger charge is 2.30. The fourth-order valence-electron chi connectivity index (χ4n) is 4.42. The Bertz CT molecular complexity index is 1360. The van der Waals surface area contributed by atoms with Gasteiger partial charge in [-0.05, 0) is 43.3 Å². The van der Waals surface area contributed by atoms with Crippen molar-refractivity contribution >= 4 is 22.5 Å². The van der Waals surface area contributed by atoms with Crippen molar-refractivity contribution in [2.45, 2.75) is 13.1 Å². The van der Waals surface area contributed by atoms with Crippen molar-refractivity contribution in [1.29, 1.82) is 0 Å². The standard InChI is InChI=1S/C28H24F3N3O/c1-19-6-8-20(9-7-19)26-18-24(23-4-2-3-5-25(23)32-26)27(35)34-16-14-33(15-17-34)22-12-10-21(11-13-22)28(29,30)31/h2-13,18H,14-17H2,1H3. The van der Waals surface area contributed by atoms with Gasteiger partial charge in [0.1, 0.15) is 0 Å². The lowest BCUT2D eigenvalue weighted by molar-refractivity contribution is -0.137. The van der Waals surface area contributed by atoms with Crippen LogP contribution < -0.4 is 4.90 Å². The Morgan fingerprint density at radius 3 is 2.17 bits per heavy atom. The van der Waals surface area contributed by atoms with E-state index in [9.17, 15) is 18.0 Å². The predicted molar refractivity (Wildman–Crippen MR) is 131 cm³/mol. The van der Waals surface area contributed by atoms with Gasteiger partial charge in [0, 0.05) is 42.8 Å². The first-order valence-electron chi connectivity index (χ1n) is 11.5. The summed E-state index contributed by atoms with van der Waals surface area (Å²) in [6.07, 6.45) is -4.35. The maximum absolute atomic E-state index is 13.6. The third-order valence-electron chi connectivity index (χ3n) is 6.42. The van der Waals surface area contributed by atoms with Crippen molar-refractivity contribution < 1.29 is 18.0 Å². The second kappa shape index (κ2) is 9.06. The van der Waals surface area contributed by atoms with Gasteiger partial charge in [-0.2, -0.15) is 13.2 Å². The molecule has 2 heterocycles. The second-order valence-corrected chi connectivity index (χ2v) is 8.76. The summed E-state index contributed by atoms with van der Waals surface area (Å²) in [5.74, 6) is -0.0657. The van der Waals surface area contributed by atoms with Crippen LogP contribution in [0.3, 0.4) is 0 Å². The number of anilines is 1. The van der Waals surface area contributed by atoms with Gasteiger partial charge in [0.25, 0.3) is 5.91 Å². The van der Waals surface area contributed by atoms with Gasteiger partial charge in [-0.1, -0.05) is 48.0 Å². The van der Waals surface area contributed by atoms with Crippen molar-refractivity contribution in [2.75, 3.05) is 31.1 Å². The van der Waals surface area contributed by atoms with Gasteiger partial charge in [0.2, 0.25) is 0 Å². The molecule has 0 atom stereocenters. The number of rotatable bonds is 3. The zero-order valence-corrected chi connectivity index (χ0v) is 19.2. The van der Waals surface area contributed by atoms with E-state index in [4.69, 9.17) is 4.98 Å². The molecule has 0 aliphatic carbocycles. The minimum absolute atomic E-state index is 0.0657. The number of pyridine rings is 1. The molecule has 0 radical (unpaired) electrons. The molecule has 3 aromatic carbocycles. The molecule has 178 valence electrons. The maximum Gasteiger partial charge on any atom is 0.416 e. The Labute approximate surface area is 201 Å². The average molecular weight is 476 g/mol. The summed E-state index contributed by atoms with van der Waals surface area (Å²) in [6, 6.07) is 22.7. The van der Waals surface area contributed by atoms with E-state index in [0.717, 1.165) is 45.5 Å². The van der Waals surface area contributed by atoms with E-state index in [1.807, 2.05) is 66.4 Å². The summed E-state index contributed by atoms with van der Waals surface area (Å²) in [5, 5.41) is 0.804. The zero-order chi connectivity index (χ0) is 24.6. The number of amides is 1. The van der Waals surface area contributed by atoms with Crippen molar-refractivity contribution in [3.05, 3.63) is 95.6 Å². The molecule has 0 saturated carbocycles. The summed E-state index contributed by atoms with van der Waals surface area (Å²) < 4.78 is 38.6. The van der Waals surface area contributed by atoms with Gasteiger partial charge in [-0.3, -0.25) is 4.79 Å². The number of hydrogen-bond donors (Lipinski definition) is 0. The number of para-hydroxylation sites is 1. The molecule has 4 nitrogen and oxygen atoms in total. The van der Waals surface area contributed by atoms with Crippen molar-refractivity contribution in [3.8, 4) is 11.3 Å². The van der Waals surface area contributed by atoms with Crippen LogP contribution in [-0.4, -0.2) is 42.0 Å². The predicted octanol–water partition coefficient (Wildman–Crippen LogP) is 6.19. The molecule has 1 aromatic heterocycles. The third-order valence-corrected chi connectivity index (χ3v) is 6.42. The van der Waals surface area contributed by atoms with Gasteiger partial charge in [-0.25, -0.2) is 4.98 Å². The normalized spacial score (nSPS) is 14.4. The van der Waals surface area contributed by atoms with Crippen LogP contribution >= 0.6 is 0 Å². The van der Waals surface area contributed by atoms with Gasteiger partial charge in [0.05, 0.1) is 22.3 Å². The van der Waals surface area contributed by atoms with Crippen LogP contribution in [-0.2, 0) is 6.18 Å². The quantitative estimate of drug-likeness (QED) is 0.354. The van der Waals surface area contributed by atoms with Gasteiger partial charge in [-0.15, -0.1) is 0 Å². The van der Waals surface area contributed by atoms with Crippen LogP contribution in [0.25, 0.3) is 22.2 Å². The highest BCUT2D eigenvalue weighted by atomic mass is 19.4. The monoisotopic (exact) mass is 475 g/mol. The van der Waals surface area contributed by atoms with Crippen molar-refractivity contribution in [2.24, 2.45) is 0 Å². The first-order valence-corrected chi connectivity index (χ1v) is 11.5. The minimum atomic E-state index is -4.35. The number of carbonyl (C=O) groups is 1. The topological polar surface area (TPSA) is 36.4 Å². The minimum Gasteiger partial charge on any atom is -0.368 e. The van der Waals surface area contributed by atoms with E-state index in [-0.39, 0.29) is 5.91 Å². The fraction of sp³-hybridized carbons (Fsp3) is 0.214. The van der Waals surface area contributed by atoms with E-state index in [0.29, 0.717) is 31.7 Å². The van der Waals surface area contributed by atoms with E-state index in [1.165, 1.54) is 12.1 Å². The van der Waals surface area contributed by atoms with Crippen LogP contribution in [0.5, 0.6) is 0 Å². The summed E-state index contributed by atoms with van der Waals surface area (Å²) in [4.78, 5) is 22.2. The molecule has 1 amide bonds. The molecule has 0 bridgehead atoms. The second-order valence-electron chi connectivity index (χ2n) is 8.76. The van der Waals surface area contributed by atoms with Crippen LogP contribution in [0, 0.1) is 6.92 Å². The molecule has 1 fully saturated rings. The number of piperazine rings is 1. The van der Waals surface area contributed by atoms with E-state index in [2.05, 4.69) is 0 Å². The molecular weight excluding hydrogens is 451 g/mol. The number of nitrogens with zero attached hydrogens (tertiary/aromatic N) is 3. The van der Waals surface area contributed by atoms with Gasteiger partial charge >= 0.3 is 6.18 Å². The number of fused-ring (bicyclic) bond motifs is 1. The fourth-order valence-corrected chi connectivity index (χ4v) is 4.42. The Hall–Kier alpha value is -3.87. The molecule has 0 N–H and O–H groups in total. The van der Waals surface area contributed by atoms with Crippen LogP contribution in [0.1, 0.15) is 21.5 Å². The van der Waals surface area contributed by atoms with E-state index < -0.39 is 11.7 Å². The van der Waals surface area contributed by atoms with Crippen LogP contribution in [0.2, 0.25) is 0 Å². The smallest absolute Gasteiger partial charge is 0.368 e. The molecule has 5 rings (SSSR count). The lowest BCUT2D eigenvalue weighted by Gasteiger charge is -2.36. The zero-order valence-electron chi connectivity index (χ0n) is 19.2. The van der Waals surface area contributed by atoms with E-state index >= 15 is 0 Å². The van der Waals surface area contributed by atoms with Crippen molar-refractivity contribution in [1.82, 2.24) is 9.88 Å². The summed E-state index contributed by atoms with van der Waals surface area (Å²) in [6.45, 7) is 4.08. The lowest BCUT2D eigenvalue weighted by atomic mass is 10.0. The highest BCUT2D eigenvalue weighted by Crippen LogP contribution is 2.31.